The minimum atomic E-state index is 0.00583. The maximum atomic E-state index is 5.56. The third-order valence-corrected chi connectivity index (χ3v) is 9.66. The molecule has 0 heterocycles. The Morgan fingerprint density at radius 3 is 1.29 bits per heavy atom. The molecule has 1 aliphatic carbocycles. The summed E-state index contributed by atoms with van der Waals surface area (Å²) < 4.78 is 11.1. The van der Waals surface area contributed by atoms with E-state index in [4.69, 9.17) is 22.3 Å². The van der Waals surface area contributed by atoms with Gasteiger partial charge in [-0.1, -0.05) is 162 Å². The minimum Gasteiger partial charge on any atom is -0.481 e. The number of benzene rings is 4. The number of rotatable bonds is 18. The van der Waals surface area contributed by atoms with Crippen molar-refractivity contribution in [2.75, 3.05) is 13.2 Å². The summed E-state index contributed by atoms with van der Waals surface area (Å²) in [6, 6.07) is 30.5. The van der Waals surface area contributed by atoms with E-state index in [2.05, 4.69) is 111 Å². The molecule has 0 fully saturated rings. The molecule has 2 nitrogen and oxygen atoms in total. The van der Waals surface area contributed by atoms with Gasteiger partial charge in [0, 0.05) is 5.41 Å². The Hall–Kier alpha value is -4.92. The number of hydrogen-bond acceptors (Lipinski definition) is 2. The van der Waals surface area contributed by atoms with E-state index >= 15 is 0 Å². The molecule has 0 aliphatic heterocycles. The Kier molecular flexibility index (Phi) is 13.0. The van der Waals surface area contributed by atoms with E-state index < -0.39 is 0 Å². The summed E-state index contributed by atoms with van der Waals surface area (Å²) in [6.07, 6.45) is 32.0. The van der Waals surface area contributed by atoms with E-state index in [1.54, 1.807) is 0 Å². The smallest absolute Gasteiger partial charge is 0.148 e. The highest BCUT2D eigenvalue weighted by atomic mass is 16.5. The first-order valence-electron chi connectivity index (χ1n) is 18.1. The highest BCUT2D eigenvalue weighted by Gasteiger charge is 2.42. The van der Waals surface area contributed by atoms with Crippen LogP contribution in [0.15, 0.2) is 84.9 Å². The van der Waals surface area contributed by atoms with Gasteiger partial charge < -0.3 is 9.47 Å². The van der Waals surface area contributed by atoms with Gasteiger partial charge in [0.25, 0.3) is 0 Å². The molecule has 0 N–H and O–H groups in total. The van der Waals surface area contributed by atoms with E-state index in [1.165, 1.54) is 97.6 Å². The van der Waals surface area contributed by atoms with Gasteiger partial charge in [-0.2, -0.15) is 0 Å². The van der Waals surface area contributed by atoms with Crippen molar-refractivity contribution < 1.29 is 9.47 Å². The van der Waals surface area contributed by atoms with Crippen molar-refractivity contribution in [3.8, 4) is 47.3 Å². The molecule has 1 aliphatic rings. The third-order valence-electron chi connectivity index (χ3n) is 9.66. The number of fused-ring (bicyclic) bond motifs is 3. The third kappa shape index (κ3) is 9.16. The van der Waals surface area contributed by atoms with Crippen molar-refractivity contribution in [3.63, 3.8) is 0 Å². The zero-order valence-electron chi connectivity index (χ0n) is 29.3. The monoisotopic (exact) mass is 646 g/mol. The summed E-state index contributed by atoms with van der Waals surface area (Å²) in [5, 5.41) is 0. The molecule has 5 rings (SSSR count). The van der Waals surface area contributed by atoms with Crippen LogP contribution >= 0.6 is 0 Å². The van der Waals surface area contributed by atoms with Crippen LogP contribution in [0.4, 0.5) is 0 Å². The summed E-state index contributed by atoms with van der Waals surface area (Å²) in [7, 11) is 0. The van der Waals surface area contributed by atoms with Crippen molar-refractivity contribution in [2.24, 2.45) is 0 Å². The van der Waals surface area contributed by atoms with Crippen LogP contribution in [-0.2, 0) is 5.41 Å². The molecule has 0 radical (unpaired) electrons. The van der Waals surface area contributed by atoms with Gasteiger partial charge in [-0.25, -0.2) is 0 Å². The quantitative estimate of drug-likeness (QED) is 0.0608. The summed E-state index contributed by atoms with van der Waals surface area (Å²) in [4.78, 5) is 0. The van der Waals surface area contributed by atoms with Crippen LogP contribution in [0.2, 0.25) is 0 Å². The molecule has 250 valence electrons. The van der Waals surface area contributed by atoms with E-state index in [-0.39, 0.29) is 18.6 Å². The van der Waals surface area contributed by atoms with Gasteiger partial charge in [-0.3, -0.25) is 0 Å². The molecule has 0 aromatic heterocycles. The van der Waals surface area contributed by atoms with Crippen LogP contribution in [0.25, 0.3) is 35.4 Å². The molecule has 2 heteroatoms. The van der Waals surface area contributed by atoms with Crippen LogP contribution in [0.1, 0.15) is 111 Å². The average Bonchev–Trinajstić information content (AvgIpc) is 3.40. The zero-order valence-corrected chi connectivity index (χ0v) is 29.3. The lowest BCUT2D eigenvalue weighted by molar-refractivity contribution is 0.370. The molecule has 4 aromatic rings. The Morgan fingerprint density at radius 2 is 0.898 bits per heavy atom. The SMILES string of the molecule is C#CCOc1ccc(/C=C/c2ccc3c(c2)C(CCCCCC)(CCCCCC)c2cc(/C=C/c4ccc(OCC#C)cc4)ccc2-3)cc1. The molecule has 0 amide bonds. The van der Waals surface area contributed by atoms with E-state index in [0.717, 1.165) is 22.6 Å². The molecule has 0 saturated heterocycles. The standard InChI is InChI=1S/C47H50O2/c1-5-9-11-13-31-47(32-14-12-10-6-2)45-35-39(17-15-37-19-25-41(26-20-37)48-33-7-3)23-29-43(45)44-30-24-40(36-46(44)47)18-16-38-21-27-42(28-22-38)49-34-8-4/h3-4,15-30,35-36H,5-6,9-14,31-34H2,1-2H3/b17-15+,18-16+. The summed E-state index contributed by atoms with van der Waals surface area (Å²) >= 11 is 0. The van der Waals surface area contributed by atoms with Crippen LogP contribution in [0, 0.1) is 24.7 Å². The maximum Gasteiger partial charge on any atom is 0.148 e. The largest absolute Gasteiger partial charge is 0.481 e. The lowest BCUT2D eigenvalue weighted by Crippen LogP contribution is -2.25. The molecule has 49 heavy (non-hydrogen) atoms. The van der Waals surface area contributed by atoms with Gasteiger partial charge in [-0.15, -0.1) is 12.8 Å². The molecular weight excluding hydrogens is 597 g/mol. The van der Waals surface area contributed by atoms with E-state index in [1.807, 2.05) is 24.3 Å². The first-order valence-corrected chi connectivity index (χ1v) is 18.1. The van der Waals surface area contributed by atoms with Gasteiger partial charge in [0.15, 0.2) is 0 Å². The van der Waals surface area contributed by atoms with Crippen molar-refractivity contribution in [2.45, 2.75) is 83.5 Å². The second-order valence-corrected chi connectivity index (χ2v) is 13.1. The molecule has 0 atom stereocenters. The van der Waals surface area contributed by atoms with Crippen LogP contribution in [0.5, 0.6) is 11.5 Å². The molecular formula is C47H50O2. The van der Waals surface area contributed by atoms with Gasteiger partial charge in [0.1, 0.15) is 24.7 Å². The Bertz CT molecular complexity index is 1660. The number of terminal acetylenes is 2. The number of unbranched alkanes of at least 4 members (excludes halogenated alkanes) is 6. The fraction of sp³-hybridized carbons (Fsp3) is 0.319. The molecule has 0 saturated carbocycles. The topological polar surface area (TPSA) is 18.5 Å². The molecule has 0 unspecified atom stereocenters. The average molecular weight is 647 g/mol. The van der Waals surface area contributed by atoms with Crippen molar-refractivity contribution in [3.05, 3.63) is 118 Å². The Morgan fingerprint density at radius 1 is 0.510 bits per heavy atom. The van der Waals surface area contributed by atoms with E-state index in [9.17, 15) is 0 Å². The van der Waals surface area contributed by atoms with Gasteiger partial charge >= 0.3 is 0 Å². The van der Waals surface area contributed by atoms with Gasteiger partial charge in [0.2, 0.25) is 0 Å². The summed E-state index contributed by atoms with van der Waals surface area (Å²) in [5.74, 6) is 6.63. The number of hydrogen-bond donors (Lipinski definition) is 0. The highest BCUT2D eigenvalue weighted by molar-refractivity contribution is 5.85. The second kappa shape index (κ2) is 18.0. The fourth-order valence-electron chi connectivity index (χ4n) is 7.09. The number of ether oxygens (including phenoxy) is 2. The second-order valence-electron chi connectivity index (χ2n) is 13.1. The van der Waals surface area contributed by atoms with E-state index in [0.29, 0.717) is 0 Å². The van der Waals surface area contributed by atoms with Crippen LogP contribution < -0.4 is 9.47 Å². The van der Waals surface area contributed by atoms with Crippen LogP contribution in [0.3, 0.4) is 0 Å². The highest BCUT2D eigenvalue weighted by Crippen LogP contribution is 2.55. The molecule has 0 bridgehead atoms. The predicted molar refractivity (Wildman–Crippen MR) is 210 cm³/mol. The Labute approximate surface area is 295 Å². The first kappa shape index (κ1) is 35.4. The van der Waals surface area contributed by atoms with Crippen LogP contribution in [-0.4, -0.2) is 13.2 Å². The van der Waals surface area contributed by atoms with Crippen molar-refractivity contribution in [1.82, 2.24) is 0 Å². The molecule has 4 aromatic carbocycles. The van der Waals surface area contributed by atoms with Gasteiger partial charge in [-0.05, 0) is 81.6 Å². The normalized spacial score (nSPS) is 12.8. The lowest BCUT2D eigenvalue weighted by Gasteiger charge is -2.33. The maximum absolute atomic E-state index is 5.56. The summed E-state index contributed by atoms with van der Waals surface area (Å²) in [5.41, 5.74) is 10.5. The van der Waals surface area contributed by atoms with Gasteiger partial charge in [0.05, 0.1) is 0 Å². The fourth-order valence-corrected chi connectivity index (χ4v) is 7.09. The predicted octanol–water partition coefficient (Wildman–Crippen LogP) is 12.3. The minimum absolute atomic E-state index is 0.00583. The first-order chi connectivity index (χ1) is 24.1. The van der Waals surface area contributed by atoms with Crippen molar-refractivity contribution >= 4 is 24.3 Å². The lowest BCUT2D eigenvalue weighted by atomic mass is 9.70. The Balaban J connectivity index is 1.49. The summed E-state index contributed by atoms with van der Waals surface area (Å²) in [6.45, 7) is 5.16. The molecule has 0 spiro atoms. The zero-order chi connectivity index (χ0) is 34.3. The van der Waals surface area contributed by atoms with Crippen molar-refractivity contribution in [1.29, 1.82) is 0 Å².